The number of allylic oxidation sites excluding steroid dienone is 1. The molecule has 0 spiro atoms. The van der Waals surface area contributed by atoms with Gasteiger partial charge in [0, 0.05) is 17.6 Å². The van der Waals surface area contributed by atoms with Crippen LogP contribution in [0.4, 0.5) is 0 Å². The van der Waals surface area contributed by atoms with Crippen LogP contribution in [0.25, 0.3) is 10.4 Å². The average molecular weight is 252 g/mol. The fourth-order valence-electron chi connectivity index (χ4n) is 0.858. The number of hydrogen-bond donors (Lipinski definition) is 0. The molecule has 1 atom stereocenters. The Morgan fingerprint density at radius 2 is 2.12 bits per heavy atom. The normalized spacial score (nSPS) is 14.1. The van der Waals surface area contributed by atoms with Crippen molar-refractivity contribution in [2.45, 2.75) is 44.9 Å². The van der Waals surface area contributed by atoms with E-state index in [9.17, 15) is 0 Å². The van der Waals surface area contributed by atoms with Crippen LogP contribution in [0.15, 0.2) is 17.3 Å². The lowest BCUT2D eigenvalue weighted by Gasteiger charge is -2.36. The molecule has 0 saturated carbocycles. The van der Waals surface area contributed by atoms with Crippen molar-refractivity contribution in [2.24, 2.45) is 5.11 Å². The maximum absolute atomic E-state index is 8.44. The summed E-state index contributed by atoms with van der Waals surface area (Å²) in [6, 6.07) is 1.47. The zero-order chi connectivity index (χ0) is 13.5. The predicted octanol–water partition coefficient (Wildman–Crippen LogP) is 3.77. The van der Waals surface area contributed by atoms with E-state index in [1.54, 1.807) is 6.08 Å². The van der Waals surface area contributed by atoms with Gasteiger partial charge in [-0.05, 0) is 23.7 Å². The number of rotatable bonds is 5. The van der Waals surface area contributed by atoms with E-state index in [1.807, 2.05) is 6.07 Å². The van der Waals surface area contributed by atoms with E-state index in [2.05, 4.69) is 43.9 Å². The highest BCUT2D eigenvalue weighted by Gasteiger charge is 2.37. The molecule has 0 aromatic heterocycles. The van der Waals surface area contributed by atoms with Gasteiger partial charge in [-0.1, -0.05) is 32.0 Å². The molecule has 0 N–H and O–H groups in total. The maximum Gasteiger partial charge on any atom is 0.192 e. The molecule has 0 aromatic rings. The lowest BCUT2D eigenvalue weighted by Crippen LogP contribution is -2.42. The third kappa shape index (κ3) is 5.55. The molecule has 0 fully saturated rings. The van der Waals surface area contributed by atoms with Gasteiger partial charge in [0.25, 0.3) is 0 Å². The third-order valence-electron chi connectivity index (χ3n) is 3.01. The first kappa shape index (κ1) is 15.7. The van der Waals surface area contributed by atoms with Gasteiger partial charge in [0.1, 0.15) is 0 Å². The van der Waals surface area contributed by atoms with Gasteiger partial charge in [0.15, 0.2) is 8.32 Å². The molecule has 94 valence electrons. The second-order valence-electron chi connectivity index (χ2n) is 5.33. The molecule has 1 unspecified atom stereocenters. The highest BCUT2D eigenvalue weighted by molar-refractivity contribution is 6.74. The summed E-state index contributed by atoms with van der Waals surface area (Å²) < 4.78 is 5.92. The molecule has 0 amide bonds. The van der Waals surface area contributed by atoms with Crippen molar-refractivity contribution in [1.82, 2.24) is 0 Å². The summed E-state index contributed by atoms with van der Waals surface area (Å²) in [5, 5.41) is 12.1. The SMILES string of the molecule is CC(C)(C)[Si](C)(C)OCC(/C=C\C#N)N=[N+]=[N-]. The lowest BCUT2D eigenvalue weighted by molar-refractivity contribution is 0.278. The Morgan fingerprint density at radius 3 is 2.53 bits per heavy atom. The smallest absolute Gasteiger partial charge is 0.192 e. The fourth-order valence-corrected chi connectivity index (χ4v) is 1.88. The van der Waals surface area contributed by atoms with Crippen molar-refractivity contribution in [1.29, 1.82) is 5.26 Å². The zero-order valence-electron chi connectivity index (χ0n) is 11.1. The highest BCUT2D eigenvalue weighted by atomic mass is 28.4. The van der Waals surface area contributed by atoms with Crippen LogP contribution in [0.5, 0.6) is 0 Å². The van der Waals surface area contributed by atoms with E-state index < -0.39 is 14.4 Å². The second-order valence-corrected chi connectivity index (χ2v) is 10.1. The van der Waals surface area contributed by atoms with Crippen LogP contribution >= 0.6 is 0 Å². The monoisotopic (exact) mass is 252 g/mol. The van der Waals surface area contributed by atoms with Crippen LogP contribution in [0.3, 0.4) is 0 Å². The molecule has 0 aromatic carbocycles. The van der Waals surface area contributed by atoms with Gasteiger partial charge >= 0.3 is 0 Å². The van der Waals surface area contributed by atoms with Gasteiger partial charge in [-0.25, -0.2) is 0 Å². The molecule has 0 bridgehead atoms. The van der Waals surface area contributed by atoms with Gasteiger partial charge in [-0.3, -0.25) is 0 Å². The fraction of sp³-hybridized carbons (Fsp3) is 0.727. The van der Waals surface area contributed by atoms with Crippen molar-refractivity contribution >= 4 is 8.32 Å². The molecule has 5 nitrogen and oxygen atoms in total. The first-order chi connectivity index (χ1) is 7.74. The largest absolute Gasteiger partial charge is 0.416 e. The van der Waals surface area contributed by atoms with Crippen LogP contribution in [-0.2, 0) is 4.43 Å². The molecule has 0 aliphatic carbocycles. The van der Waals surface area contributed by atoms with Crippen LogP contribution < -0.4 is 0 Å². The molecular weight excluding hydrogens is 232 g/mol. The zero-order valence-corrected chi connectivity index (χ0v) is 12.1. The molecule has 0 saturated heterocycles. The number of nitrogens with zero attached hydrogens (tertiary/aromatic N) is 4. The Morgan fingerprint density at radius 1 is 1.53 bits per heavy atom. The van der Waals surface area contributed by atoms with E-state index in [0.717, 1.165) is 0 Å². The maximum atomic E-state index is 8.44. The third-order valence-corrected chi connectivity index (χ3v) is 7.51. The summed E-state index contributed by atoms with van der Waals surface area (Å²) in [5.41, 5.74) is 8.42. The summed E-state index contributed by atoms with van der Waals surface area (Å²) in [6.07, 6.45) is 2.88. The Balaban J connectivity index is 4.57. The van der Waals surface area contributed by atoms with Gasteiger partial charge in [0.05, 0.1) is 12.1 Å². The van der Waals surface area contributed by atoms with Gasteiger partial charge in [-0.2, -0.15) is 5.26 Å². The first-order valence-electron chi connectivity index (χ1n) is 5.49. The topological polar surface area (TPSA) is 81.8 Å². The van der Waals surface area contributed by atoms with Crippen molar-refractivity contribution < 1.29 is 4.43 Å². The van der Waals surface area contributed by atoms with Crippen LogP contribution in [0.2, 0.25) is 18.1 Å². The predicted molar refractivity (Wildman–Crippen MR) is 70.8 cm³/mol. The van der Waals surface area contributed by atoms with Crippen LogP contribution in [0, 0.1) is 11.3 Å². The Labute approximate surface area is 104 Å². The van der Waals surface area contributed by atoms with Gasteiger partial charge in [0.2, 0.25) is 0 Å². The minimum absolute atomic E-state index is 0.118. The van der Waals surface area contributed by atoms with Gasteiger partial charge in [-0.15, -0.1) is 0 Å². The summed E-state index contributed by atoms with van der Waals surface area (Å²) in [5.74, 6) is 0. The number of azide groups is 1. The molecule has 0 heterocycles. The second kappa shape index (κ2) is 6.45. The Hall–Kier alpha value is -1.28. The molecule has 0 aliphatic heterocycles. The van der Waals surface area contributed by atoms with Crippen LogP contribution in [0.1, 0.15) is 20.8 Å². The first-order valence-corrected chi connectivity index (χ1v) is 8.40. The van der Waals surface area contributed by atoms with Crippen LogP contribution in [-0.4, -0.2) is 21.0 Å². The minimum atomic E-state index is -1.84. The highest BCUT2D eigenvalue weighted by Crippen LogP contribution is 2.36. The average Bonchev–Trinajstić information content (AvgIpc) is 2.20. The van der Waals surface area contributed by atoms with E-state index >= 15 is 0 Å². The number of hydrogen-bond acceptors (Lipinski definition) is 3. The van der Waals surface area contributed by atoms with E-state index in [-0.39, 0.29) is 5.04 Å². The standard InChI is InChI=1S/C11H20N4OSi/c1-11(2,3)17(4,5)16-9-10(14-15-13)7-6-8-12/h6-7,10H,9H2,1-5H3/b7-6-. The van der Waals surface area contributed by atoms with Crippen molar-refractivity contribution in [3.8, 4) is 6.07 Å². The van der Waals surface area contributed by atoms with E-state index in [4.69, 9.17) is 15.2 Å². The van der Waals surface area contributed by atoms with Crippen molar-refractivity contribution in [3.63, 3.8) is 0 Å². The Kier molecular flexibility index (Phi) is 5.96. The van der Waals surface area contributed by atoms with E-state index in [0.29, 0.717) is 6.61 Å². The molecule has 0 aliphatic rings. The van der Waals surface area contributed by atoms with Crippen molar-refractivity contribution in [3.05, 3.63) is 22.6 Å². The molecule has 17 heavy (non-hydrogen) atoms. The lowest BCUT2D eigenvalue weighted by atomic mass is 10.2. The summed E-state index contributed by atoms with van der Waals surface area (Å²) in [7, 11) is -1.84. The minimum Gasteiger partial charge on any atom is -0.416 e. The van der Waals surface area contributed by atoms with Crippen molar-refractivity contribution in [2.75, 3.05) is 6.61 Å². The van der Waals surface area contributed by atoms with E-state index in [1.165, 1.54) is 6.08 Å². The van der Waals surface area contributed by atoms with Gasteiger partial charge < -0.3 is 4.43 Å². The summed E-state index contributed by atoms with van der Waals surface area (Å²) in [6.45, 7) is 11.0. The summed E-state index contributed by atoms with van der Waals surface area (Å²) in [4.78, 5) is 2.75. The molecule has 0 rings (SSSR count). The quantitative estimate of drug-likeness (QED) is 0.245. The number of nitriles is 1. The summed E-state index contributed by atoms with van der Waals surface area (Å²) >= 11 is 0. The Bertz CT molecular complexity index is 359. The molecular formula is C11H20N4OSi. The molecule has 0 radical (unpaired) electrons. The molecule has 6 heteroatoms.